The Kier molecular flexibility index (Phi) is 6.05. The number of rotatable bonds is 9. The second-order valence-electron chi connectivity index (χ2n) is 11.8. The molecule has 1 heterocycles. The Morgan fingerprint density at radius 2 is 1.76 bits per heavy atom. The van der Waals surface area contributed by atoms with Gasteiger partial charge in [0.2, 0.25) is 24.0 Å². The smallest absolute Gasteiger partial charge is 0.287 e. The molecule has 4 N–H and O–H groups in total. The normalized spacial score (nSPS) is 35.5. The third-order valence-corrected chi connectivity index (χ3v) is 9.51. The van der Waals surface area contributed by atoms with E-state index in [0.29, 0.717) is 25.8 Å². The molecule has 3 saturated carbocycles. The van der Waals surface area contributed by atoms with Crippen LogP contribution < -0.4 is 16.4 Å². The Morgan fingerprint density at radius 1 is 1.12 bits per heavy atom. The average molecular weight is 475 g/mol. The van der Waals surface area contributed by atoms with Gasteiger partial charge in [-0.25, -0.2) is 0 Å². The minimum absolute atomic E-state index is 0.0351. The fourth-order valence-corrected chi connectivity index (χ4v) is 7.09. The Bertz CT molecular complexity index is 911. The van der Waals surface area contributed by atoms with Gasteiger partial charge in [0.15, 0.2) is 0 Å². The van der Waals surface area contributed by atoms with Crippen molar-refractivity contribution in [1.82, 2.24) is 15.5 Å². The lowest BCUT2D eigenvalue weighted by atomic mass is 9.70. The van der Waals surface area contributed by atoms with E-state index in [4.69, 9.17) is 5.73 Å². The van der Waals surface area contributed by atoms with Gasteiger partial charge < -0.3 is 21.3 Å². The van der Waals surface area contributed by atoms with E-state index in [2.05, 4.69) is 24.5 Å². The van der Waals surface area contributed by atoms with Gasteiger partial charge in [0, 0.05) is 6.54 Å². The molecule has 9 heteroatoms. The summed E-state index contributed by atoms with van der Waals surface area (Å²) < 4.78 is 0. The van der Waals surface area contributed by atoms with Crippen LogP contribution in [0.25, 0.3) is 0 Å². The summed E-state index contributed by atoms with van der Waals surface area (Å²) in [6.07, 6.45) is 6.37. The number of piperidine rings is 1. The molecule has 6 atom stereocenters. The van der Waals surface area contributed by atoms with Crippen molar-refractivity contribution in [3.63, 3.8) is 0 Å². The van der Waals surface area contributed by atoms with Crippen LogP contribution in [0, 0.1) is 28.6 Å². The first-order valence-corrected chi connectivity index (χ1v) is 12.6. The number of carbonyl (C=O) groups is 5. The summed E-state index contributed by atoms with van der Waals surface area (Å²) in [4.78, 5) is 64.9. The first-order chi connectivity index (χ1) is 15.9. The van der Waals surface area contributed by atoms with Crippen molar-refractivity contribution >= 4 is 29.9 Å². The first-order valence-electron chi connectivity index (χ1n) is 12.6. The Morgan fingerprint density at radius 3 is 2.29 bits per heavy atom. The minimum Gasteiger partial charge on any atom is -0.363 e. The van der Waals surface area contributed by atoms with Gasteiger partial charge >= 0.3 is 0 Å². The Hall–Kier alpha value is -2.45. The van der Waals surface area contributed by atoms with E-state index in [-0.39, 0.29) is 34.5 Å². The summed E-state index contributed by atoms with van der Waals surface area (Å²) in [6, 6.07) is -1.45. The molecule has 0 unspecified atom stereocenters. The van der Waals surface area contributed by atoms with E-state index in [1.54, 1.807) is 4.90 Å². The molecule has 0 aromatic carbocycles. The van der Waals surface area contributed by atoms with E-state index in [1.165, 1.54) is 0 Å². The summed E-state index contributed by atoms with van der Waals surface area (Å²) >= 11 is 0. The molecule has 0 aromatic heterocycles. The number of likely N-dealkylation sites (tertiary alicyclic amines) is 1. The van der Waals surface area contributed by atoms with Crippen molar-refractivity contribution in [2.45, 2.75) is 90.3 Å². The number of amides is 4. The van der Waals surface area contributed by atoms with Gasteiger partial charge in [-0.3, -0.25) is 24.0 Å². The lowest BCUT2D eigenvalue weighted by Gasteiger charge is -2.42. The second-order valence-corrected chi connectivity index (χ2v) is 11.8. The van der Waals surface area contributed by atoms with Crippen molar-refractivity contribution in [2.24, 2.45) is 34.3 Å². The van der Waals surface area contributed by atoms with Gasteiger partial charge in [0.1, 0.15) is 17.6 Å². The zero-order chi connectivity index (χ0) is 25.1. The average Bonchev–Trinajstić information content (AvgIpc) is 3.54. The van der Waals surface area contributed by atoms with Gasteiger partial charge in [-0.1, -0.05) is 53.4 Å². The maximum absolute atomic E-state index is 13.9. The van der Waals surface area contributed by atoms with Gasteiger partial charge in [0.25, 0.3) is 5.91 Å². The fraction of sp³-hybridized carbons (Fsp3) is 0.800. The third kappa shape index (κ3) is 3.71. The maximum atomic E-state index is 13.9. The maximum Gasteiger partial charge on any atom is 0.287 e. The van der Waals surface area contributed by atoms with Crippen molar-refractivity contribution in [3.05, 3.63) is 0 Å². The standard InChI is InChI=1S/C25H38N4O5/c1-5-14-11-25(14,19(31)20(26)32)28-21(33)17-16-15(23(16,2)3)12-29(17)22(34)18(27-13-30)24(4)9-7-6-8-10-24/h13-18H,5-12H2,1-4H3,(H2,26,32)(H,27,30)(H,28,33)/t14-,15+,16+,17+,18-,25+/m1/s1. The largest absolute Gasteiger partial charge is 0.363 e. The van der Waals surface area contributed by atoms with Crippen LogP contribution in [0.1, 0.15) is 72.6 Å². The number of hydrogen-bond donors (Lipinski definition) is 3. The Balaban J connectivity index is 1.60. The number of hydrogen-bond acceptors (Lipinski definition) is 5. The molecule has 4 amide bonds. The molecular formula is C25H38N4O5. The second kappa shape index (κ2) is 8.34. The molecule has 4 fully saturated rings. The van der Waals surface area contributed by atoms with Crippen LogP contribution in [-0.2, 0) is 24.0 Å². The summed E-state index contributed by atoms with van der Waals surface area (Å²) in [5, 5.41) is 5.63. The predicted octanol–water partition coefficient (Wildman–Crippen LogP) is 0.894. The molecule has 4 rings (SSSR count). The predicted molar refractivity (Wildman–Crippen MR) is 124 cm³/mol. The number of primary amides is 1. The monoisotopic (exact) mass is 474 g/mol. The van der Waals surface area contributed by atoms with Crippen molar-refractivity contribution in [2.75, 3.05) is 6.54 Å². The summed E-state index contributed by atoms with van der Waals surface area (Å²) in [5.74, 6) is -2.48. The van der Waals surface area contributed by atoms with Crippen LogP contribution in [0.2, 0.25) is 0 Å². The highest BCUT2D eigenvalue weighted by Gasteiger charge is 2.71. The zero-order valence-electron chi connectivity index (χ0n) is 20.7. The molecule has 188 valence electrons. The van der Waals surface area contributed by atoms with Crippen LogP contribution in [0.15, 0.2) is 0 Å². The highest BCUT2D eigenvalue weighted by molar-refractivity contribution is 6.40. The van der Waals surface area contributed by atoms with E-state index >= 15 is 0 Å². The molecule has 4 aliphatic rings. The number of ketones is 1. The number of fused-ring (bicyclic) bond motifs is 1. The minimum atomic E-state index is -1.26. The van der Waals surface area contributed by atoms with Crippen LogP contribution >= 0.6 is 0 Å². The number of nitrogens with zero attached hydrogens (tertiary/aromatic N) is 1. The number of nitrogens with one attached hydrogen (secondary N) is 2. The van der Waals surface area contributed by atoms with Crippen LogP contribution in [0.5, 0.6) is 0 Å². The lowest BCUT2D eigenvalue weighted by molar-refractivity contribution is -0.147. The molecule has 0 radical (unpaired) electrons. The fourth-order valence-electron chi connectivity index (χ4n) is 7.09. The van der Waals surface area contributed by atoms with Crippen LogP contribution in [-0.4, -0.2) is 59.0 Å². The molecule has 1 saturated heterocycles. The SMILES string of the molecule is CC[C@@H]1C[C@@]1(NC(=O)[C@@H]1[C@@H]2[C@H](CN1C(=O)[C@@H](NC=O)C1(C)CCCCC1)C2(C)C)C(=O)C(N)=O. The van der Waals surface area contributed by atoms with E-state index < -0.39 is 35.2 Å². The van der Waals surface area contributed by atoms with Crippen LogP contribution in [0.3, 0.4) is 0 Å². The van der Waals surface area contributed by atoms with Crippen molar-refractivity contribution in [1.29, 1.82) is 0 Å². The number of Topliss-reactive ketones (excluding diaryl/α,β-unsaturated/α-hetero) is 1. The number of carbonyl (C=O) groups excluding carboxylic acids is 5. The van der Waals surface area contributed by atoms with Gasteiger partial charge in [0.05, 0.1) is 0 Å². The molecule has 34 heavy (non-hydrogen) atoms. The summed E-state index contributed by atoms with van der Waals surface area (Å²) in [6.45, 7) is 8.56. The first kappa shape index (κ1) is 24.7. The molecule has 1 aliphatic heterocycles. The van der Waals surface area contributed by atoms with E-state index in [1.807, 2.05) is 13.8 Å². The summed E-state index contributed by atoms with van der Waals surface area (Å²) in [5.41, 5.74) is 3.55. The van der Waals surface area contributed by atoms with Gasteiger partial charge in [-0.05, 0) is 47.8 Å². The Labute approximate surface area is 200 Å². The molecule has 3 aliphatic carbocycles. The number of nitrogens with two attached hydrogens (primary N) is 1. The quantitative estimate of drug-likeness (QED) is 0.337. The topological polar surface area (TPSA) is 139 Å². The third-order valence-electron chi connectivity index (χ3n) is 9.51. The van der Waals surface area contributed by atoms with Gasteiger partial charge in [-0.15, -0.1) is 0 Å². The molecule has 0 bridgehead atoms. The van der Waals surface area contributed by atoms with Crippen molar-refractivity contribution in [3.8, 4) is 0 Å². The molecule has 0 aromatic rings. The van der Waals surface area contributed by atoms with Crippen LogP contribution in [0.4, 0.5) is 0 Å². The molecule has 0 spiro atoms. The molecular weight excluding hydrogens is 436 g/mol. The summed E-state index contributed by atoms with van der Waals surface area (Å²) in [7, 11) is 0. The highest BCUT2D eigenvalue weighted by Crippen LogP contribution is 2.65. The van der Waals surface area contributed by atoms with Gasteiger partial charge in [-0.2, -0.15) is 0 Å². The zero-order valence-corrected chi connectivity index (χ0v) is 20.7. The molecule has 9 nitrogen and oxygen atoms in total. The van der Waals surface area contributed by atoms with E-state index in [0.717, 1.165) is 32.1 Å². The van der Waals surface area contributed by atoms with Crippen molar-refractivity contribution < 1.29 is 24.0 Å². The highest BCUT2D eigenvalue weighted by atomic mass is 16.2. The lowest BCUT2D eigenvalue weighted by Crippen LogP contribution is -2.61. The van der Waals surface area contributed by atoms with E-state index in [9.17, 15) is 24.0 Å².